The maximum Gasteiger partial charge on any atom is 0.291 e. The van der Waals surface area contributed by atoms with E-state index in [2.05, 4.69) is 33.6 Å². The number of aliphatic hydroxyl groups is 1. The topological polar surface area (TPSA) is 129 Å². The first-order valence-corrected chi connectivity index (χ1v) is 13.6. The standard InChI is InChI=1S/C31H27ClN6O3/c1-16-10-11-25-28(34-16)37-29(38(25)3)30(40)35-23-9-5-8-22(26(23)32)20-6-4-7-21(17(20)2)31-36-24-13-18(15-39)12-19(14-33)27(24)41-31/h4-9,12-13,16,34,39H,10-11,15H2,1-3H3,(H,35,40). The van der Waals surface area contributed by atoms with E-state index in [0.29, 0.717) is 50.7 Å². The number of imidazole rings is 1. The number of rotatable bonds is 5. The number of aliphatic hydroxyl groups excluding tert-OH is 1. The number of fused-ring (bicyclic) bond motifs is 2. The molecule has 6 rings (SSSR count). The van der Waals surface area contributed by atoms with Crippen LogP contribution in [0, 0.1) is 18.3 Å². The molecule has 1 aliphatic heterocycles. The highest BCUT2D eigenvalue weighted by Gasteiger charge is 2.25. The molecule has 0 aliphatic carbocycles. The largest absolute Gasteiger partial charge is 0.435 e. The Balaban J connectivity index is 1.35. The van der Waals surface area contributed by atoms with E-state index in [0.717, 1.165) is 46.6 Å². The van der Waals surface area contributed by atoms with Gasteiger partial charge in [0.1, 0.15) is 17.4 Å². The Morgan fingerprint density at radius 3 is 2.76 bits per heavy atom. The summed E-state index contributed by atoms with van der Waals surface area (Å²) in [5.74, 6) is 1.07. The Hall–Kier alpha value is -4.65. The van der Waals surface area contributed by atoms with E-state index in [9.17, 15) is 15.2 Å². The van der Waals surface area contributed by atoms with Gasteiger partial charge in [-0.15, -0.1) is 0 Å². The van der Waals surface area contributed by atoms with Crippen molar-refractivity contribution in [3.05, 3.63) is 81.8 Å². The van der Waals surface area contributed by atoms with Crippen molar-refractivity contribution < 1.29 is 14.3 Å². The van der Waals surface area contributed by atoms with Gasteiger partial charge in [-0.05, 0) is 67.6 Å². The lowest BCUT2D eigenvalue weighted by Crippen LogP contribution is -2.22. The molecular weight excluding hydrogens is 540 g/mol. The number of amides is 1. The summed E-state index contributed by atoms with van der Waals surface area (Å²) in [4.78, 5) is 22.5. The van der Waals surface area contributed by atoms with E-state index in [1.807, 2.05) is 48.9 Å². The minimum absolute atomic E-state index is 0.203. The van der Waals surface area contributed by atoms with Crippen LogP contribution >= 0.6 is 11.6 Å². The third-order valence-corrected chi connectivity index (χ3v) is 7.98. The van der Waals surface area contributed by atoms with E-state index in [1.54, 1.807) is 18.2 Å². The fourth-order valence-corrected chi connectivity index (χ4v) is 5.63. The smallest absolute Gasteiger partial charge is 0.291 e. The summed E-state index contributed by atoms with van der Waals surface area (Å²) in [7, 11) is 1.85. The zero-order chi connectivity index (χ0) is 28.8. The van der Waals surface area contributed by atoms with Crippen LogP contribution in [0.4, 0.5) is 11.5 Å². The normalized spacial score (nSPS) is 14.4. The maximum atomic E-state index is 13.3. The summed E-state index contributed by atoms with van der Waals surface area (Å²) in [6, 6.07) is 16.9. The molecule has 5 aromatic rings. The van der Waals surface area contributed by atoms with E-state index >= 15 is 0 Å². The Labute approximate surface area is 241 Å². The summed E-state index contributed by atoms with van der Waals surface area (Å²) in [5.41, 5.74) is 6.41. The summed E-state index contributed by atoms with van der Waals surface area (Å²) in [5, 5.41) is 25.8. The summed E-state index contributed by atoms with van der Waals surface area (Å²) in [6.07, 6.45) is 1.83. The van der Waals surface area contributed by atoms with E-state index in [-0.39, 0.29) is 12.5 Å². The van der Waals surface area contributed by atoms with Gasteiger partial charge in [0.25, 0.3) is 5.91 Å². The monoisotopic (exact) mass is 566 g/mol. The van der Waals surface area contributed by atoms with Gasteiger partial charge >= 0.3 is 0 Å². The van der Waals surface area contributed by atoms with Crippen molar-refractivity contribution in [2.24, 2.45) is 7.05 Å². The second-order valence-electron chi connectivity index (χ2n) is 10.3. The van der Waals surface area contributed by atoms with Gasteiger partial charge in [-0.1, -0.05) is 35.9 Å². The van der Waals surface area contributed by atoms with Crippen LogP contribution in [-0.4, -0.2) is 31.6 Å². The van der Waals surface area contributed by atoms with Crippen molar-refractivity contribution in [3.63, 3.8) is 0 Å². The van der Waals surface area contributed by atoms with Crippen molar-refractivity contribution in [2.45, 2.75) is 39.3 Å². The average Bonchev–Trinajstić information content (AvgIpc) is 3.54. The first kappa shape index (κ1) is 26.6. The highest BCUT2D eigenvalue weighted by molar-refractivity contribution is 6.36. The van der Waals surface area contributed by atoms with E-state index < -0.39 is 0 Å². The zero-order valence-electron chi connectivity index (χ0n) is 22.7. The van der Waals surface area contributed by atoms with Crippen LogP contribution in [0.2, 0.25) is 5.02 Å². The predicted molar refractivity (Wildman–Crippen MR) is 158 cm³/mol. The van der Waals surface area contributed by atoms with Gasteiger partial charge in [0.15, 0.2) is 5.58 Å². The minimum atomic E-state index is -0.345. The van der Waals surface area contributed by atoms with Gasteiger partial charge in [0.2, 0.25) is 11.7 Å². The molecule has 0 bridgehead atoms. The van der Waals surface area contributed by atoms with Gasteiger partial charge in [-0.25, -0.2) is 9.97 Å². The van der Waals surface area contributed by atoms with E-state index in [4.69, 9.17) is 16.0 Å². The first-order valence-electron chi connectivity index (χ1n) is 13.3. The number of halogens is 1. The Morgan fingerprint density at radius 2 is 1.98 bits per heavy atom. The molecule has 0 saturated heterocycles. The molecule has 9 nitrogen and oxygen atoms in total. The molecule has 1 aliphatic rings. The molecule has 0 fully saturated rings. The lowest BCUT2D eigenvalue weighted by molar-refractivity contribution is 0.101. The number of benzene rings is 3. The lowest BCUT2D eigenvalue weighted by atomic mass is 9.96. The SMILES string of the molecule is Cc1c(-c2nc3cc(CO)cc(C#N)c3o2)cccc1-c1cccc(NC(=O)c2nc3c(n2C)CCC(C)N3)c1Cl. The molecule has 3 heterocycles. The quantitative estimate of drug-likeness (QED) is 0.230. The summed E-state index contributed by atoms with van der Waals surface area (Å²) < 4.78 is 7.87. The highest BCUT2D eigenvalue weighted by Crippen LogP contribution is 2.39. The van der Waals surface area contributed by atoms with Crippen LogP contribution < -0.4 is 10.6 Å². The second kappa shape index (κ2) is 10.4. The zero-order valence-corrected chi connectivity index (χ0v) is 23.5. The maximum absolute atomic E-state index is 13.3. The number of hydrogen-bond donors (Lipinski definition) is 3. The van der Waals surface area contributed by atoms with Crippen LogP contribution in [0.15, 0.2) is 52.9 Å². The molecule has 1 amide bonds. The average molecular weight is 567 g/mol. The molecule has 1 atom stereocenters. The Kier molecular flexibility index (Phi) is 6.73. The number of hydrogen-bond acceptors (Lipinski definition) is 7. The minimum Gasteiger partial charge on any atom is -0.435 e. The van der Waals surface area contributed by atoms with Crippen LogP contribution in [0.1, 0.15) is 46.3 Å². The van der Waals surface area contributed by atoms with Crippen molar-refractivity contribution in [3.8, 4) is 28.7 Å². The fourth-order valence-electron chi connectivity index (χ4n) is 5.35. The molecule has 41 heavy (non-hydrogen) atoms. The van der Waals surface area contributed by atoms with Crippen molar-refractivity contribution in [2.75, 3.05) is 10.6 Å². The first-order chi connectivity index (χ1) is 19.8. The molecule has 0 radical (unpaired) electrons. The third kappa shape index (κ3) is 4.61. The number of carbonyl (C=O) groups excluding carboxylic acids is 1. The Bertz CT molecular complexity index is 1880. The molecule has 206 valence electrons. The van der Waals surface area contributed by atoms with Crippen LogP contribution in [0.5, 0.6) is 0 Å². The molecule has 3 aromatic carbocycles. The molecule has 0 spiro atoms. The van der Waals surface area contributed by atoms with Crippen molar-refractivity contribution in [1.29, 1.82) is 5.26 Å². The molecule has 0 saturated carbocycles. The van der Waals surface area contributed by atoms with Crippen molar-refractivity contribution in [1.82, 2.24) is 14.5 Å². The highest BCUT2D eigenvalue weighted by atomic mass is 35.5. The van der Waals surface area contributed by atoms with Gasteiger partial charge in [-0.2, -0.15) is 5.26 Å². The van der Waals surface area contributed by atoms with E-state index in [1.165, 1.54) is 0 Å². The molecule has 3 N–H and O–H groups in total. The second-order valence-corrected chi connectivity index (χ2v) is 10.6. The summed E-state index contributed by atoms with van der Waals surface area (Å²) in [6.45, 7) is 3.84. The number of aromatic nitrogens is 3. The van der Waals surface area contributed by atoms with Gasteiger partial charge in [0, 0.05) is 24.2 Å². The lowest BCUT2D eigenvalue weighted by Gasteiger charge is -2.20. The molecule has 1 unspecified atom stereocenters. The summed E-state index contributed by atoms with van der Waals surface area (Å²) >= 11 is 6.89. The van der Waals surface area contributed by atoms with Gasteiger partial charge in [0.05, 0.1) is 28.6 Å². The number of carbonyl (C=O) groups is 1. The molecule has 2 aromatic heterocycles. The number of nitrogens with zero attached hydrogens (tertiary/aromatic N) is 4. The number of oxazole rings is 1. The molecule has 10 heteroatoms. The predicted octanol–water partition coefficient (Wildman–Crippen LogP) is 6.22. The van der Waals surface area contributed by atoms with Crippen LogP contribution in [-0.2, 0) is 20.1 Å². The van der Waals surface area contributed by atoms with Crippen LogP contribution in [0.25, 0.3) is 33.7 Å². The van der Waals surface area contributed by atoms with Crippen LogP contribution in [0.3, 0.4) is 0 Å². The third-order valence-electron chi connectivity index (χ3n) is 7.57. The molecular formula is C31H27ClN6O3. The number of nitriles is 1. The fraction of sp³-hybridized carbons (Fsp3) is 0.226. The number of nitrogens with one attached hydrogen (secondary N) is 2. The van der Waals surface area contributed by atoms with Gasteiger partial charge < -0.3 is 24.7 Å². The number of anilines is 2. The Morgan fingerprint density at radius 1 is 1.22 bits per heavy atom. The van der Waals surface area contributed by atoms with Gasteiger partial charge in [-0.3, -0.25) is 4.79 Å². The van der Waals surface area contributed by atoms with Crippen molar-refractivity contribution >= 4 is 40.1 Å².